The number of nitrogens with zero attached hydrogens (tertiary/aromatic N) is 2. The predicted octanol–water partition coefficient (Wildman–Crippen LogP) is 2.65. The summed E-state index contributed by atoms with van der Waals surface area (Å²) in [4.78, 5) is 24.9. The fraction of sp³-hybridized carbons (Fsp3) is 0.357. The highest BCUT2D eigenvalue weighted by Gasteiger charge is 2.18. The third-order valence-electron chi connectivity index (χ3n) is 3.44. The van der Waals surface area contributed by atoms with Gasteiger partial charge < -0.3 is 10.1 Å². The van der Waals surface area contributed by atoms with Gasteiger partial charge in [-0.15, -0.1) is 0 Å². The number of aromatic nitrogens is 2. The van der Waals surface area contributed by atoms with Gasteiger partial charge >= 0.3 is 5.69 Å². The first kappa shape index (κ1) is 14.0. The summed E-state index contributed by atoms with van der Waals surface area (Å²) in [6.07, 6.45) is 0.817. The summed E-state index contributed by atoms with van der Waals surface area (Å²) < 4.78 is 1.22. The molecule has 2 N–H and O–H groups in total. The molecule has 1 unspecified atom stereocenters. The lowest BCUT2D eigenvalue weighted by atomic mass is 10.1. The zero-order chi connectivity index (χ0) is 14.7. The average molecular weight is 275 g/mol. The molecule has 0 amide bonds. The number of imidazole rings is 1. The molecular formula is C14H17N3O3. The fourth-order valence-corrected chi connectivity index (χ4v) is 2.06. The van der Waals surface area contributed by atoms with Crippen LogP contribution in [0.5, 0.6) is 5.88 Å². The number of aromatic hydroxyl groups is 1. The minimum atomic E-state index is -0.376. The molecule has 6 heteroatoms. The summed E-state index contributed by atoms with van der Waals surface area (Å²) in [6.45, 7) is 4.02. The molecule has 2 aromatic rings. The molecule has 20 heavy (non-hydrogen) atoms. The highest BCUT2D eigenvalue weighted by atomic mass is 16.3. The van der Waals surface area contributed by atoms with Crippen LogP contribution in [-0.2, 0) is 6.54 Å². The molecule has 0 spiro atoms. The number of nitrogens with one attached hydrogen (secondary N) is 1. The Morgan fingerprint density at radius 1 is 1.35 bits per heavy atom. The largest absolute Gasteiger partial charge is 0.493 e. The Balaban J connectivity index is 2.45. The second-order valence-electron chi connectivity index (χ2n) is 4.77. The SMILES string of the molecule is CCC(C)c1[nH]c(=O)n(-c2ccc(CN=O)cc2)c1O. The summed E-state index contributed by atoms with van der Waals surface area (Å²) in [5.41, 5.74) is 1.47. The van der Waals surface area contributed by atoms with E-state index in [1.54, 1.807) is 24.3 Å². The van der Waals surface area contributed by atoms with E-state index in [9.17, 15) is 14.8 Å². The van der Waals surface area contributed by atoms with Crippen molar-refractivity contribution in [1.82, 2.24) is 9.55 Å². The summed E-state index contributed by atoms with van der Waals surface area (Å²) in [5.74, 6) is 0.00750. The van der Waals surface area contributed by atoms with Gasteiger partial charge in [-0.2, -0.15) is 4.91 Å². The van der Waals surface area contributed by atoms with Gasteiger partial charge in [0.2, 0.25) is 5.88 Å². The molecule has 0 fully saturated rings. The Kier molecular flexibility index (Phi) is 4.02. The van der Waals surface area contributed by atoms with Crippen LogP contribution in [0, 0.1) is 4.91 Å². The Bertz CT molecular complexity index is 655. The van der Waals surface area contributed by atoms with Crippen molar-refractivity contribution in [3.05, 3.63) is 50.9 Å². The average Bonchev–Trinajstić information content (AvgIpc) is 2.75. The zero-order valence-electron chi connectivity index (χ0n) is 11.5. The third-order valence-corrected chi connectivity index (χ3v) is 3.44. The topological polar surface area (TPSA) is 87.5 Å². The molecule has 0 aliphatic carbocycles. The molecule has 6 nitrogen and oxygen atoms in total. The van der Waals surface area contributed by atoms with Crippen molar-refractivity contribution in [3.8, 4) is 11.6 Å². The van der Waals surface area contributed by atoms with Crippen molar-refractivity contribution in [2.75, 3.05) is 0 Å². The molecule has 0 saturated heterocycles. The standard InChI is InChI=1S/C14H17N3O3/c1-3-9(2)12-13(18)17(14(19)16-12)11-6-4-10(5-7-11)8-15-20/h4-7,9,18H,3,8H2,1-2H3,(H,16,19). The van der Waals surface area contributed by atoms with Gasteiger partial charge in [-0.1, -0.05) is 31.2 Å². The van der Waals surface area contributed by atoms with Gasteiger partial charge in [0.15, 0.2) is 0 Å². The van der Waals surface area contributed by atoms with Crippen LogP contribution in [0.25, 0.3) is 5.69 Å². The van der Waals surface area contributed by atoms with Gasteiger partial charge in [0.1, 0.15) is 6.54 Å². The maximum absolute atomic E-state index is 12.0. The molecule has 1 aromatic carbocycles. The number of benzene rings is 1. The van der Waals surface area contributed by atoms with E-state index in [0.29, 0.717) is 11.4 Å². The number of rotatable bonds is 5. The minimum absolute atomic E-state index is 0.0642. The van der Waals surface area contributed by atoms with Gasteiger partial charge in [0, 0.05) is 5.92 Å². The van der Waals surface area contributed by atoms with Crippen molar-refractivity contribution in [3.63, 3.8) is 0 Å². The zero-order valence-corrected chi connectivity index (χ0v) is 11.5. The van der Waals surface area contributed by atoms with Crippen LogP contribution in [0.15, 0.2) is 34.2 Å². The molecular weight excluding hydrogens is 258 g/mol. The van der Waals surface area contributed by atoms with Gasteiger partial charge in [-0.05, 0) is 24.1 Å². The van der Waals surface area contributed by atoms with Gasteiger partial charge in [-0.25, -0.2) is 9.36 Å². The quantitative estimate of drug-likeness (QED) is 0.822. The molecule has 106 valence electrons. The van der Waals surface area contributed by atoms with Crippen molar-refractivity contribution in [1.29, 1.82) is 0 Å². The highest BCUT2D eigenvalue weighted by molar-refractivity contribution is 5.40. The van der Waals surface area contributed by atoms with E-state index >= 15 is 0 Å². The Morgan fingerprint density at radius 2 is 2.00 bits per heavy atom. The number of nitroso groups, excluding NO2 is 1. The molecule has 0 aliphatic rings. The van der Waals surface area contributed by atoms with E-state index < -0.39 is 0 Å². The number of hydrogen-bond donors (Lipinski definition) is 2. The first-order valence-corrected chi connectivity index (χ1v) is 6.50. The number of H-pyrrole nitrogens is 1. The predicted molar refractivity (Wildman–Crippen MR) is 76.3 cm³/mol. The second-order valence-corrected chi connectivity index (χ2v) is 4.77. The van der Waals surface area contributed by atoms with E-state index in [-0.39, 0.29) is 24.0 Å². The first-order valence-electron chi connectivity index (χ1n) is 6.50. The molecule has 0 saturated carbocycles. The lowest BCUT2D eigenvalue weighted by Crippen LogP contribution is -2.14. The van der Waals surface area contributed by atoms with Crippen LogP contribution in [0.4, 0.5) is 0 Å². The van der Waals surface area contributed by atoms with Crippen LogP contribution in [0.3, 0.4) is 0 Å². The smallest absolute Gasteiger partial charge is 0.333 e. The van der Waals surface area contributed by atoms with Crippen LogP contribution < -0.4 is 5.69 Å². The van der Waals surface area contributed by atoms with E-state index in [4.69, 9.17) is 0 Å². The van der Waals surface area contributed by atoms with Crippen molar-refractivity contribution in [2.45, 2.75) is 32.7 Å². The van der Waals surface area contributed by atoms with Crippen molar-refractivity contribution in [2.24, 2.45) is 5.18 Å². The number of hydrogen-bond acceptors (Lipinski definition) is 4. The molecule has 2 rings (SSSR count). The Labute approximate surface area is 116 Å². The third kappa shape index (κ3) is 2.49. The molecule has 1 atom stereocenters. The van der Waals surface area contributed by atoms with E-state index in [0.717, 1.165) is 12.0 Å². The second kappa shape index (κ2) is 5.73. The summed E-state index contributed by atoms with van der Waals surface area (Å²) in [7, 11) is 0. The minimum Gasteiger partial charge on any atom is -0.493 e. The lowest BCUT2D eigenvalue weighted by molar-refractivity contribution is 0.429. The molecule has 0 bridgehead atoms. The normalized spacial score (nSPS) is 12.3. The van der Waals surface area contributed by atoms with Crippen molar-refractivity contribution < 1.29 is 5.11 Å². The molecule has 1 aromatic heterocycles. The summed E-state index contributed by atoms with van der Waals surface area (Å²) >= 11 is 0. The van der Waals surface area contributed by atoms with E-state index in [1.165, 1.54) is 4.57 Å². The maximum atomic E-state index is 12.0. The monoisotopic (exact) mass is 275 g/mol. The van der Waals surface area contributed by atoms with E-state index in [1.807, 2.05) is 13.8 Å². The lowest BCUT2D eigenvalue weighted by Gasteiger charge is -2.07. The van der Waals surface area contributed by atoms with Gasteiger partial charge in [0.05, 0.1) is 11.4 Å². The van der Waals surface area contributed by atoms with Crippen LogP contribution >= 0.6 is 0 Å². The van der Waals surface area contributed by atoms with Gasteiger partial charge in [-0.3, -0.25) is 0 Å². The summed E-state index contributed by atoms with van der Waals surface area (Å²) in [6, 6.07) is 6.77. The van der Waals surface area contributed by atoms with E-state index in [2.05, 4.69) is 10.2 Å². The first-order chi connectivity index (χ1) is 9.58. The van der Waals surface area contributed by atoms with Crippen LogP contribution in [-0.4, -0.2) is 14.7 Å². The van der Waals surface area contributed by atoms with Gasteiger partial charge in [0.25, 0.3) is 0 Å². The molecule has 0 radical (unpaired) electrons. The highest BCUT2D eigenvalue weighted by Crippen LogP contribution is 2.26. The van der Waals surface area contributed by atoms with Crippen LogP contribution in [0.2, 0.25) is 0 Å². The maximum Gasteiger partial charge on any atom is 0.333 e. The van der Waals surface area contributed by atoms with Crippen LogP contribution in [0.1, 0.15) is 37.4 Å². The molecule has 1 heterocycles. The Hall–Kier alpha value is -2.37. The fourth-order valence-electron chi connectivity index (χ4n) is 2.06. The number of aromatic amines is 1. The Morgan fingerprint density at radius 3 is 2.55 bits per heavy atom. The molecule has 0 aliphatic heterocycles. The summed E-state index contributed by atoms with van der Waals surface area (Å²) in [5, 5.41) is 13.0. The van der Waals surface area contributed by atoms with Crippen molar-refractivity contribution >= 4 is 0 Å².